The van der Waals surface area contributed by atoms with Gasteiger partial charge in [-0.25, -0.2) is 4.39 Å². The van der Waals surface area contributed by atoms with Crippen LogP contribution in [0.3, 0.4) is 0 Å². The lowest BCUT2D eigenvalue weighted by atomic mass is 9.90. The van der Waals surface area contributed by atoms with Crippen LogP contribution in [0.4, 0.5) is 4.39 Å². The smallest absolute Gasteiger partial charge is 0.251 e. The SMILES string of the molecule is CC(NC(=O)c1ccc2c(c1)CCCC2)c1cccc(F)c1. The molecule has 0 spiro atoms. The molecule has 1 unspecified atom stereocenters. The zero-order chi connectivity index (χ0) is 15.5. The molecule has 2 nitrogen and oxygen atoms in total. The van der Waals surface area contributed by atoms with Gasteiger partial charge in [0.1, 0.15) is 5.82 Å². The monoisotopic (exact) mass is 297 g/mol. The Morgan fingerprint density at radius 1 is 1.09 bits per heavy atom. The van der Waals surface area contributed by atoms with Gasteiger partial charge in [-0.05, 0) is 73.6 Å². The number of benzene rings is 2. The zero-order valence-corrected chi connectivity index (χ0v) is 12.7. The van der Waals surface area contributed by atoms with E-state index in [-0.39, 0.29) is 17.8 Å². The van der Waals surface area contributed by atoms with Gasteiger partial charge in [0.05, 0.1) is 6.04 Å². The number of carbonyl (C=O) groups excluding carboxylic acids is 1. The third kappa shape index (κ3) is 3.19. The maximum Gasteiger partial charge on any atom is 0.251 e. The molecule has 0 radical (unpaired) electrons. The van der Waals surface area contributed by atoms with E-state index in [1.54, 1.807) is 6.07 Å². The van der Waals surface area contributed by atoms with Crippen molar-refractivity contribution in [3.8, 4) is 0 Å². The molecule has 0 saturated carbocycles. The van der Waals surface area contributed by atoms with Gasteiger partial charge in [-0.1, -0.05) is 18.2 Å². The molecule has 3 rings (SSSR count). The topological polar surface area (TPSA) is 29.1 Å². The van der Waals surface area contributed by atoms with Crippen molar-refractivity contribution in [2.75, 3.05) is 0 Å². The molecule has 22 heavy (non-hydrogen) atoms. The molecule has 2 aromatic carbocycles. The Morgan fingerprint density at radius 2 is 1.86 bits per heavy atom. The highest BCUT2D eigenvalue weighted by atomic mass is 19.1. The third-order valence-corrected chi connectivity index (χ3v) is 4.31. The Kier molecular flexibility index (Phi) is 4.23. The van der Waals surface area contributed by atoms with Crippen LogP contribution in [0, 0.1) is 5.82 Å². The second-order valence-electron chi connectivity index (χ2n) is 5.94. The van der Waals surface area contributed by atoms with Gasteiger partial charge in [0.15, 0.2) is 0 Å². The van der Waals surface area contributed by atoms with E-state index >= 15 is 0 Å². The number of nitrogens with one attached hydrogen (secondary N) is 1. The number of amides is 1. The Morgan fingerprint density at radius 3 is 2.64 bits per heavy atom. The number of aryl methyl sites for hydroxylation is 2. The fraction of sp³-hybridized carbons (Fsp3) is 0.316. The quantitative estimate of drug-likeness (QED) is 0.904. The lowest BCUT2D eigenvalue weighted by Gasteiger charge is -2.18. The molecule has 0 aromatic heterocycles. The highest BCUT2D eigenvalue weighted by molar-refractivity contribution is 5.94. The Hall–Kier alpha value is -2.16. The van der Waals surface area contributed by atoms with Crippen LogP contribution >= 0.6 is 0 Å². The summed E-state index contributed by atoms with van der Waals surface area (Å²) >= 11 is 0. The van der Waals surface area contributed by atoms with Gasteiger partial charge in [0, 0.05) is 5.56 Å². The van der Waals surface area contributed by atoms with Crippen molar-refractivity contribution >= 4 is 5.91 Å². The Bertz CT molecular complexity index is 696. The van der Waals surface area contributed by atoms with Crippen LogP contribution in [0.25, 0.3) is 0 Å². The average Bonchev–Trinajstić information content (AvgIpc) is 2.54. The summed E-state index contributed by atoms with van der Waals surface area (Å²) in [6, 6.07) is 12.1. The van der Waals surface area contributed by atoms with Gasteiger partial charge in [0.25, 0.3) is 5.91 Å². The largest absolute Gasteiger partial charge is 0.346 e. The molecule has 1 N–H and O–H groups in total. The van der Waals surface area contributed by atoms with Crippen LogP contribution in [0.2, 0.25) is 0 Å². The molecule has 0 fully saturated rings. The van der Waals surface area contributed by atoms with E-state index in [1.165, 1.54) is 36.1 Å². The average molecular weight is 297 g/mol. The van der Waals surface area contributed by atoms with Crippen LogP contribution in [0.5, 0.6) is 0 Å². The second kappa shape index (κ2) is 6.30. The number of hydrogen-bond acceptors (Lipinski definition) is 1. The number of fused-ring (bicyclic) bond motifs is 1. The van der Waals surface area contributed by atoms with E-state index in [0.29, 0.717) is 5.56 Å². The number of carbonyl (C=O) groups is 1. The first-order valence-electron chi connectivity index (χ1n) is 7.81. The lowest BCUT2D eigenvalue weighted by molar-refractivity contribution is 0.0939. The van der Waals surface area contributed by atoms with Gasteiger partial charge in [-0.2, -0.15) is 0 Å². The van der Waals surface area contributed by atoms with Crippen LogP contribution in [-0.2, 0) is 12.8 Å². The molecule has 0 saturated heterocycles. The number of halogens is 1. The van der Waals surface area contributed by atoms with Crippen molar-refractivity contribution in [1.82, 2.24) is 5.32 Å². The molecule has 2 aromatic rings. The fourth-order valence-electron chi connectivity index (χ4n) is 3.01. The highest BCUT2D eigenvalue weighted by Gasteiger charge is 2.15. The highest BCUT2D eigenvalue weighted by Crippen LogP contribution is 2.22. The van der Waals surface area contributed by atoms with E-state index in [0.717, 1.165) is 18.4 Å². The minimum Gasteiger partial charge on any atom is -0.346 e. The van der Waals surface area contributed by atoms with Crippen molar-refractivity contribution in [3.05, 3.63) is 70.5 Å². The van der Waals surface area contributed by atoms with Crippen molar-refractivity contribution in [2.45, 2.75) is 38.6 Å². The van der Waals surface area contributed by atoms with Crippen LogP contribution in [0.15, 0.2) is 42.5 Å². The molecular weight excluding hydrogens is 277 g/mol. The predicted octanol–water partition coefficient (Wildman–Crippen LogP) is 4.20. The third-order valence-electron chi connectivity index (χ3n) is 4.31. The molecular formula is C19H20FNO. The molecule has 1 aliphatic rings. The zero-order valence-electron chi connectivity index (χ0n) is 12.7. The maximum absolute atomic E-state index is 13.3. The molecule has 1 aliphatic carbocycles. The molecule has 1 amide bonds. The number of hydrogen-bond donors (Lipinski definition) is 1. The van der Waals surface area contributed by atoms with Crippen molar-refractivity contribution in [3.63, 3.8) is 0 Å². The summed E-state index contributed by atoms with van der Waals surface area (Å²) in [5.74, 6) is -0.391. The van der Waals surface area contributed by atoms with E-state index in [9.17, 15) is 9.18 Å². The minimum absolute atomic E-state index is 0.106. The van der Waals surface area contributed by atoms with Gasteiger partial charge in [0.2, 0.25) is 0 Å². The summed E-state index contributed by atoms with van der Waals surface area (Å²) in [6.45, 7) is 1.87. The maximum atomic E-state index is 13.3. The van der Waals surface area contributed by atoms with Gasteiger partial charge in [-0.3, -0.25) is 4.79 Å². The van der Waals surface area contributed by atoms with Crippen molar-refractivity contribution < 1.29 is 9.18 Å². The van der Waals surface area contributed by atoms with Gasteiger partial charge >= 0.3 is 0 Å². The Balaban J connectivity index is 1.74. The van der Waals surface area contributed by atoms with E-state index in [2.05, 4.69) is 11.4 Å². The van der Waals surface area contributed by atoms with Crippen LogP contribution in [-0.4, -0.2) is 5.91 Å². The summed E-state index contributed by atoms with van der Waals surface area (Å²) in [5.41, 5.74) is 4.11. The van der Waals surface area contributed by atoms with Gasteiger partial charge in [-0.15, -0.1) is 0 Å². The van der Waals surface area contributed by atoms with Gasteiger partial charge < -0.3 is 5.32 Å². The Labute approximate surface area is 130 Å². The molecule has 0 aliphatic heterocycles. The molecule has 0 heterocycles. The predicted molar refractivity (Wildman–Crippen MR) is 85.4 cm³/mol. The number of rotatable bonds is 3. The summed E-state index contributed by atoms with van der Waals surface area (Å²) in [4.78, 5) is 12.4. The first-order valence-corrected chi connectivity index (χ1v) is 7.81. The normalized spacial score (nSPS) is 15.0. The first-order chi connectivity index (χ1) is 10.6. The van der Waals surface area contributed by atoms with E-state index in [1.807, 2.05) is 25.1 Å². The second-order valence-corrected chi connectivity index (χ2v) is 5.94. The molecule has 1 atom stereocenters. The van der Waals surface area contributed by atoms with Crippen molar-refractivity contribution in [1.29, 1.82) is 0 Å². The molecule has 114 valence electrons. The summed E-state index contributed by atoms with van der Waals surface area (Å²) in [5, 5.41) is 2.94. The van der Waals surface area contributed by atoms with E-state index in [4.69, 9.17) is 0 Å². The minimum atomic E-state index is -0.285. The standard InChI is InChI=1S/C19H20FNO/c1-13(15-7-4-8-18(20)12-15)21-19(22)17-10-9-14-5-2-3-6-16(14)11-17/h4,7-13H,2-3,5-6H2,1H3,(H,21,22). The van der Waals surface area contributed by atoms with Crippen LogP contribution < -0.4 is 5.32 Å². The van der Waals surface area contributed by atoms with Crippen LogP contribution in [0.1, 0.15) is 52.9 Å². The molecule has 0 bridgehead atoms. The first kappa shape index (κ1) is 14.8. The van der Waals surface area contributed by atoms with E-state index < -0.39 is 0 Å². The lowest BCUT2D eigenvalue weighted by Crippen LogP contribution is -2.27. The van der Waals surface area contributed by atoms with Crippen molar-refractivity contribution in [2.24, 2.45) is 0 Å². The summed E-state index contributed by atoms with van der Waals surface area (Å²) in [7, 11) is 0. The summed E-state index contributed by atoms with van der Waals surface area (Å²) in [6.07, 6.45) is 4.58. The fourth-order valence-corrected chi connectivity index (χ4v) is 3.01. The summed E-state index contributed by atoms with van der Waals surface area (Å²) < 4.78 is 13.3. The molecule has 3 heteroatoms.